The summed E-state index contributed by atoms with van der Waals surface area (Å²) in [5.74, 6) is 0.963. The first-order valence-corrected chi connectivity index (χ1v) is 8.58. The molecule has 1 aliphatic rings. The summed E-state index contributed by atoms with van der Waals surface area (Å²) >= 11 is 3.43. The van der Waals surface area contributed by atoms with Crippen molar-refractivity contribution in [1.29, 1.82) is 0 Å². The smallest absolute Gasteiger partial charge is 0.222 e. The third kappa shape index (κ3) is 4.00. The van der Waals surface area contributed by atoms with Gasteiger partial charge in [0, 0.05) is 48.2 Å². The molecule has 1 fully saturated rings. The maximum absolute atomic E-state index is 12.3. The van der Waals surface area contributed by atoms with Crippen LogP contribution in [0.5, 0.6) is 0 Å². The third-order valence-corrected chi connectivity index (χ3v) is 4.74. The van der Waals surface area contributed by atoms with Crippen LogP contribution < -0.4 is 0 Å². The van der Waals surface area contributed by atoms with Crippen LogP contribution in [-0.4, -0.2) is 54.1 Å². The van der Waals surface area contributed by atoms with E-state index in [0.29, 0.717) is 12.8 Å². The molecule has 0 unspecified atom stereocenters. The van der Waals surface area contributed by atoms with Crippen LogP contribution in [0.15, 0.2) is 39.5 Å². The second-order valence-electron chi connectivity index (χ2n) is 5.87. The molecule has 0 bridgehead atoms. The Morgan fingerprint density at radius 1 is 1.22 bits per heavy atom. The molecule has 6 heteroatoms. The van der Waals surface area contributed by atoms with E-state index < -0.39 is 0 Å². The van der Waals surface area contributed by atoms with Gasteiger partial charge in [-0.2, -0.15) is 0 Å². The molecule has 3 rings (SSSR count). The van der Waals surface area contributed by atoms with E-state index in [9.17, 15) is 4.79 Å². The number of aromatic nitrogens is 1. The number of likely N-dealkylation sites (N-methyl/N-ethyl adjacent to an activating group) is 1. The number of aryl methyl sites for hydroxylation is 1. The van der Waals surface area contributed by atoms with E-state index in [1.807, 2.05) is 29.2 Å². The number of benzene rings is 1. The molecule has 1 aromatic carbocycles. The first-order valence-electron chi connectivity index (χ1n) is 7.79. The third-order valence-electron chi connectivity index (χ3n) is 4.21. The van der Waals surface area contributed by atoms with Crippen molar-refractivity contribution in [1.82, 2.24) is 15.0 Å². The molecule has 23 heavy (non-hydrogen) atoms. The fourth-order valence-electron chi connectivity index (χ4n) is 2.73. The predicted octanol–water partition coefficient (Wildman–Crippen LogP) is 2.81. The van der Waals surface area contributed by atoms with Gasteiger partial charge in [-0.05, 0) is 25.6 Å². The Bertz CT molecular complexity index is 661. The lowest BCUT2D eigenvalue weighted by Crippen LogP contribution is -2.47. The van der Waals surface area contributed by atoms with Gasteiger partial charge in [0.1, 0.15) is 0 Å². The van der Waals surface area contributed by atoms with Gasteiger partial charge in [-0.15, -0.1) is 0 Å². The SMILES string of the molecule is CN1CCN(C(=O)CCc2cnoc2-c2ccc(Br)cc2)CC1. The normalized spacial score (nSPS) is 15.8. The highest BCUT2D eigenvalue weighted by Crippen LogP contribution is 2.26. The van der Waals surface area contributed by atoms with Crippen molar-refractivity contribution < 1.29 is 9.32 Å². The second kappa shape index (κ2) is 7.27. The van der Waals surface area contributed by atoms with E-state index in [2.05, 4.69) is 33.0 Å². The summed E-state index contributed by atoms with van der Waals surface area (Å²) in [5, 5.41) is 3.90. The van der Waals surface area contributed by atoms with Gasteiger partial charge >= 0.3 is 0 Å². The molecule has 2 heterocycles. The molecular formula is C17H20BrN3O2. The number of nitrogens with zero attached hydrogens (tertiary/aromatic N) is 3. The van der Waals surface area contributed by atoms with E-state index in [1.165, 1.54) is 0 Å². The molecule has 1 amide bonds. The zero-order valence-electron chi connectivity index (χ0n) is 13.2. The standard InChI is InChI=1S/C17H20BrN3O2/c1-20-8-10-21(11-9-20)16(22)7-4-14-12-19-23-17(14)13-2-5-15(18)6-3-13/h2-3,5-6,12H,4,7-11H2,1H3. The zero-order chi connectivity index (χ0) is 16.2. The van der Waals surface area contributed by atoms with Gasteiger partial charge in [0.25, 0.3) is 0 Å². The number of carbonyl (C=O) groups excluding carboxylic acids is 1. The highest BCUT2D eigenvalue weighted by atomic mass is 79.9. The first kappa shape index (κ1) is 16.2. The summed E-state index contributed by atoms with van der Waals surface area (Å²) in [6, 6.07) is 7.90. The van der Waals surface area contributed by atoms with Crippen LogP contribution in [0, 0.1) is 0 Å². The number of hydrogen-bond acceptors (Lipinski definition) is 4. The van der Waals surface area contributed by atoms with Gasteiger partial charge in [-0.3, -0.25) is 4.79 Å². The molecule has 2 aromatic rings. The van der Waals surface area contributed by atoms with E-state index in [-0.39, 0.29) is 5.91 Å². The Morgan fingerprint density at radius 3 is 2.61 bits per heavy atom. The van der Waals surface area contributed by atoms with Crippen LogP contribution in [0.1, 0.15) is 12.0 Å². The molecule has 1 aromatic heterocycles. The number of rotatable bonds is 4. The number of hydrogen-bond donors (Lipinski definition) is 0. The molecule has 0 atom stereocenters. The van der Waals surface area contributed by atoms with Crippen LogP contribution >= 0.6 is 15.9 Å². The molecule has 122 valence electrons. The summed E-state index contributed by atoms with van der Waals surface area (Å²) < 4.78 is 6.41. The predicted molar refractivity (Wildman–Crippen MR) is 92.0 cm³/mol. The number of halogens is 1. The lowest BCUT2D eigenvalue weighted by molar-refractivity contribution is -0.132. The zero-order valence-corrected chi connectivity index (χ0v) is 14.8. The molecule has 0 radical (unpaired) electrons. The minimum Gasteiger partial charge on any atom is -0.356 e. The lowest BCUT2D eigenvalue weighted by atomic mass is 10.1. The molecule has 0 saturated carbocycles. The topological polar surface area (TPSA) is 49.6 Å². The number of piperazine rings is 1. The van der Waals surface area contributed by atoms with Crippen molar-refractivity contribution in [2.45, 2.75) is 12.8 Å². The largest absolute Gasteiger partial charge is 0.356 e. The van der Waals surface area contributed by atoms with Crippen LogP contribution in [-0.2, 0) is 11.2 Å². The second-order valence-corrected chi connectivity index (χ2v) is 6.79. The molecule has 0 spiro atoms. The monoisotopic (exact) mass is 377 g/mol. The van der Waals surface area contributed by atoms with Crippen LogP contribution in [0.3, 0.4) is 0 Å². The van der Waals surface area contributed by atoms with E-state index in [1.54, 1.807) is 6.20 Å². The average Bonchev–Trinajstić information content (AvgIpc) is 3.02. The van der Waals surface area contributed by atoms with Crippen molar-refractivity contribution in [3.63, 3.8) is 0 Å². The van der Waals surface area contributed by atoms with Crippen LogP contribution in [0.4, 0.5) is 0 Å². The lowest BCUT2D eigenvalue weighted by Gasteiger charge is -2.32. The van der Waals surface area contributed by atoms with Crippen LogP contribution in [0.25, 0.3) is 11.3 Å². The molecule has 0 N–H and O–H groups in total. The van der Waals surface area contributed by atoms with Crippen LogP contribution in [0.2, 0.25) is 0 Å². The maximum atomic E-state index is 12.3. The summed E-state index contributed by atoms with van der Waals surface area (Å²) in [5.41, 5.74) is 1.96. The van der Waals surface area contributed by atoms with Gasteiger partial charge in [0.05, 0.1) is 6.20 Å². The Hall–Kier alpha value is -1.66. The highest BCUT2D eigenvalue weighted by Gasteiger charge is 2.20. The Labute approximate surface area is 144 Å². The van der Waals surface area contributed by atoms with Crippen molar-refractivity contribution in [3.05, 3.63) is 40.5 Å². The van der Waals surface area contributed by atoms with Crippen molar-refractivity contribution >= 4 is 21.8 Å². The summed E-state index contributed by atoms with van der Waals surface area (Å²) in [6.45, 7) is 3.53. The van der Waals surface area contributed by atoms with Crippen molar-refractivity contribution in [2.75, 3.05) is 33.2 Å². The number of amides is 1. The fourth-order valence-corrected chi connectivity index (χ4v) is 3.00. The van der Waals surface area contributed by atoms with Gasteiger partial charge in [0.15, 0.2) is 5.76 Å². The quantitative estimate of drug-likeness (QED) is 0.821. The number of carbonyl (C=O) groups is 1. The highest BCUT2D eigenvalue weighted by molar-refractivity contribution is 9.10. The minimum absolute atomic E-state index is 0.209. The average molecular weight is 378 g/mol. The molecule has 0 aliphatic carbocycles. The molecular weight excluding hydrogens is 358 g/mol. The van der Waals surface area contributed by atoms with Gasteiger partial charge in [-0.1, -0.05) is 33.2 Å². The summed E-state index contributed by atoms with van der Waals surface area (Å²) in [4.78, 5) is 16.5. The first-order chi connectivity index (χ1) is 11.1. The van der Waals surface area contributed by atoms with Gasteiger partial charge < -0.3 is 14.3 Å². The Balaban J connectivity index is 1.62. The molecule has 5 nitrogen and oxygen atoms in total. The summed E-state index contributed by atoms with van der Waals surface area (Å²) in [6.07, 6.45) is 2.86. The van der Waals surface area contributed by atoms with Gasteiger partial charge in [-0.25, -0.2) is 0 Å². The minimum atomic E-state index is 0.209. The van der Waals surface area contributed by atoms with E-state index in [0.717, 1.165) is 47.5 Å². The van der Waals surface area contributed by atoms with E-state index in [4.69, 9.17) is 4.52 Å². The fraction of sp³-hybridized carbons (Fsp3) is 0.412. The maximum Gasteiger partial charge on any atom is 0.222 e. The Kier molecular flexibility index (Phi) is 5.13. The summed E-state index contributed by atoms with van der Waals surface area (Å²) in [7, 11) is 2.09. The van der Waals surface area contributed by atoms with E-state index >= 15 is 0 Å². The molecule has 1 saturated heterocycles. The Morgan fingerprint density at radius 2 is 1.91 bits per heavy atom. The molecule has 1 aliphatic heterocycles. The van der Waals surface area contributed by atoms with Crippen molar-refractivity contribution in [3.8, 4) is 11.3 Å². The van der Waals surface area contributed by atoms with Crippen molar-refractivity contribution in [2.24, 2.45) is 0 Å². The van der Waals surface area contributed by atoms with Gasteiger partial charge in [0.2, 0.25) is 5.91 Å².